The van der Waals surface area contributed by atoms with Gasteiger partial charge in [0.25, 0.3) is 0 Å². The standard InChI is InChI=1S/C26H17N3O3/c1-32-26(31)21-14-24-23(13-19(21)11-10-17-6-3-2-4-7-17)29-25(30)15-22(28-24)20-9-5-8-18(12-20)16-27/h2-9,12-14H,15H2,1H3,(H,29,30). The maximum absolute atomic E-state index is 12.6. The van der Waals surface area contributed by atoms with Gasteiger partial charge in [0, 0.05) is 11.1 Å². The van der Waals surface area contributed by atoms with Crippen molar-refractivity contribution in [3.8, 4) is 17.9 Å². The number of nitriles is 1. The summed E-state index contributed by atoms with van der Waals surface area (Å²) < 4.78 is 4.94. The Morgan fingerprint density at radius 3 is 2.56 bits per heavy atom. The molecule has 0 aliphatic carbocycles. The van der Waals surface area contributed by atoms with Gasteiger partial charge in [0.15, 0.2) is 0 Å². The van der Waals surface area contributed by atoms with E-state index in [2.05, 4.69) is 28.2 Å². The second-order valence-corrected chi connectivity index (χ2v) is 7.00. The fraction of sp³-hybridized carbons (Fsp3) is 0.0769. The van der Waals surface area contributed by atoms with Crippen molar-refractivity contribution >= 4 is 29.0 Å². The van der Waals surface area contributed by atoms with Crippen LogP contribution in [-0.4, -0.2) is 24.7 Å². The minimum Gasteiger partial charge on any atom is -0.465 e. The van der Waals surface area contributed by atoms with E-state index in [9.17, 15) is 14.9 Å². The van der Waals surface area contributed by atoms with Gasteiger partial charge in [-0.3, -0.25) is 9.79 Å². The number of carbonyl (C=O) groups is 2. The topological polar surface area (TPSA) is 91.5 Å². The van der Waals surface area contributed by atoms with E-state index in [1.165, 1.54) is 7.11 Å². The number of rotatable bonds is 2. The molecule has 1 N–H and O–H groups in total. The van der Waals surface area contributed by atoms with E-state index in [-0.39, 0.29) is 17.9 Å². The van der Waals surface area contributed by atoms with E-state index < -0.39 is 5.97 Å². The molecule has 154 valence electrons. The number of esters is 1. The molecule has 1 aliphatic heterocycles. The van der Waals surface area contributed by atoms with Crippen molar-refractivity contribution in [1.82, 2.24) is 0 Å². The molecule has 1 aliphatic rings. The Bertz CT molecular complexity index is 1360. The third-order valence-electron chi connectivity index (χ3n) is 4.84. The van der Waals surface area contributed by atoms with E-state index in [1.807, 2.05) is 30.3 Å². The van der Waals surface area contributed by atoms with Crippen molar-refractivity contribution in [3.05, 3.63) is 94.5 Å². The lowest BCUT2D eigenvalue weighted by molar-refractivity contribution is -0.115. The van der Waals surface area contributed by atoms with Gasteiger partial charge < -0.3 is 10.1 Å². The van der Waals surface area contributed by atoms with E-state index in [0.29, 0.717) is 33.8 Å². The summed E-state index contributed by atoms with van der Waals surface area (Å²) in [6.45, 7) is 0. The van der Waals surface area contributed by atoms with Crippen LogP contribution in [0.25, 0.3) is 0 Å². The Hall–Kier alpha value is -4.68. The summed E-state index contributed by atoms with van der Waals surface area (Å²) in [7, 11) is 1.30. The van der Waals surface area contributed by atoms with Crippen molar-refractivity contribution in [2.45, 2.75) is 6.42 Å². The van der Waals surface area contributed by atoms with Gasteiger partial charge in [0.1, 0.15) is 0 Å². The Morgan fingerprint density at radius 2 is 1.81 bits per heavy atom. The lowest BCUT2D eigenvalue weighted by Gasteiger charge is -2.09. The van der Waals surface area contributed by atoms with E-state index >= 15 is 0 Å². The monoisotopic (exact) mass is 419 g/mol. The summed E-state index contributed by atoms with van der Waals surface area (Å²) in [5, 5.41) is 12.0. The maximum atomic E-state index is 12.6. The lowest BCUT2D eigenvalue weighted by Crippen LogP contribution is -2.15. The minimum atomic E-state index is -0.552. The zero-order valence-corrected chi connectivity index (χ0v) is 17.2. The quantitative estimate of drug-likeness (QED) is 0.498. The van der Waals surface area contributed by atoms with Crippen LogP contribution >= 0.6 is 0 Å². The van der Waals surface area contributed by atoms with Gasteiger partial charge >= 0.3 is 5.97 Å². The number of nitrogens with one attached hydrogen (secondary N) is 1. The van der Waals surface area contributed by atoms with Crippen LogP contribution < -0.4 is 5.32 Å². The van der Waals surface area contributed by atoms with Crippen LogP contribution in [0.5, 0.6) is 0 Å². The second-order valence-electron chi connectivity index (χ2n) is 7.00. The van der Waals surface area contributed by atoms with Gasteiger partial charge in [-0.05, 0) is 42.0 Å². The number of ether oxygens (including phenoxy) is 1. The van der Waals surface area contributed by atoms with Crippen LogP contribution in [0.3, 0.4) is 0 Å². The van der Waals surface area contributed by atoms with Gasteiger partial charge in [0.05, 0.1) is 47.8 Å². The summed E-state index contributed by atoms with van der Waals surface area (Å²) in [6.07, 6.45) is 0.0299. The molecule has 1 heterocycles. The highest BCUT2D eigenvalue weighted by Gasteiger charge is 2.21. The van der Waals surface area contributed by atoms with E-state index in [0.717, 1.165) is 5.56 Å². The summed E-state index contributed by atoms with van der Waals surface area (Å²) in [5.74, 6) is 5.22. The molecule has 0 spiro atoms. The zero-order chi connectivity index (χ0) is 22.5. The molecule has 3 aromatic rings. The van der Waals surface area contributed by atoms with Crippen LogP contribution in [0.1, 0.15) is 39.0 Å². The summed E-state index contributed by atoms with van der Waals surface area (Å²) >= 11 is 0. The van der Waals surface area contributed by atoms with Crippen LogP contribution in [0.2, 0.25) is 0 Å². The molecular weight excluding hydrogens is 402 g/mol. The number of anilines is 1. The van der Waals surface area contributed by atoms with Crippen molar-refractivity contribution in [3.63, 3.8) is 0 Å². The normalized spacial score (nSPS) is 12.1. The van der Waals surface area contributed by atoms with Crippen molar-refractivity contribution in [2.24, 2.45) is 4.99 Å². The smallest absolute Gasteiger partial charge is 0.339 e. The number of amides is 1. The lowest BCUT2D eigenvalue weighted by atomic mass is 10.0. The molecule has 4 rings (SSSR count). The highest BCUT2D eigenvalue weighted by Crippen LogP contribution is 2.32. The molecule has 0 saturated heterocycles. The predicted octanol–water partition coefficient (Wildman–Crippen LogP) is 4.21. The van der Waals surface area contributed by atoms with E-state index in [1.54, 1.807) is 36.4 Å². The third-order valence-corrected chi connectivity index (χ3v) is 4.84. The summed E-state index contributed by atoms with van der Waals surface area (Å²) in [6, 6.07) is 21.5. The molecule has 0 saturated carbocycles. The molecule has 0 atom stereocenters. The number of hydrogen-bond acceptors (Lipinski definition) is 5. The third kappa shape index (κ3) is 4.40. The molecule has 6 heteroatoms. The van der Waals surface area contributed by atoms with Gasteiger partial charge in [0.2, 0.25) is 5.91 Å². The number of hydrogen-bond donors (Lipinski definition) is 1. The maximum Gasteiger partial charge on any atom is 0.339 e. The number of methoxy groups -OCH3 is 1. The van der Waals surface area contributed by atoms with Gasteiger partial charge in [-0.1, -0.05) is 42.2 Å². The highest BCUT2D eigenvalue weighted by atomic mass is 16.5. The summed E-state index contributed by atoms with van der Waals surface area (Å²) in [4.78, 5) is 29.7. The van der Waals surface area contributed by atoms with Gasteiger partial charge in [-0.15, -0.1) is 0 Å². The zero-order valence-electron chi connectivity index (χ0n) is 17.2. The van der Waals surface area contributed by atoms with Crippen LogP contribution in [0.4, 0.5) is 11.4 Å². The molecule has 0 radical (unpaired) electrons. The second kappa shape index (κ2) is 8.99. The minimum absolute atomic E-state index is 0.0299. The molecule has 0 unspecified atom stereocenters. The van der Waals surface area contributed by atoms with Crippen molar-refractivity contribution in [1.29, 1.82) is 5.26 Å². The first kappa shape index (κ1) is 20.6. The first-order valence-electron chi connectivity index (χ1n) is 9.79. The first-order chi connectivity index (χ1) is 15.6. The van der Waals surface area contributed by atoms with Crippen LogP contribution in [-0.2, 0) is 9.53 Å². The van der Waals surface area contributed by atoms with Gasteiger partial charge in [-0.2, -0.15) is 5.26 Å². The van der Waals surface area contributed by atoms with Crippen LogP contribution in [0, 0.1) is 23.2 Å². The van der Waals surface area contributed by atoms with Gasteiger partial charge in [-0.25, -0.2) is 4.79 Å². The summed E-state index contributed by atoms with van der Waals surface area (Å²) in [5.41, 5.74) is 3.96. The molecule has 0 fully saturated rings. The fourth-order valence-electron chi connectivity index (χ4n) is 3.29. The number of aliphatic imine (C=N–C) groups is 1. The number of fused-ring (bicyclic) bond motifs is 1. The fourth-order valence-corrected chi connectivity index (χ4v) is 3.29. The Labute approximate surface area is 185 Å². The predicted molar refractivity (Wildman–Crippen MR) is 121 cm³/mol. The first-order valence-corrected chi connectivity index (χ1v) is 9.79. The highest BCUT2D eigenvalue weighted by molar-refractivity contribution is 6.17. The average molecular weight is 419 g/mol. The van der Waals surface area contributed by atoms with E-state index in [4.69, 9.17) is 4.74 Å². The number of benzene rings is 3. The molecule has 6 nitrogen and oxygen atoms in total. The Morgan fingerprint density at radius 1 is 1.03 bits per heavy atom. The molecule has 32 heavy (non-hydrogen) atoms. The Kier molecular flexibility index (Phi) is 5.78. The van der Waals surface area contributed by atoms with Crippen molar-refractivity contribution < 1.29 is 14.3 Å². The largest absolute Gasteiger partial charge is 0.465 e. The molecule has 0 aromatic heterocycles. The van der Waals surface area contributed by atoms with Crippen molar-refractivity contribution in [2.75, 3.05) is 12.4 Å². The Balaban J connectivity index is 1.84. The number of carbonyl (C=O) groups excluding carboxylic acids is 2. The molecular formula is C26H17N3O3. The molecule has 1 amide bonds. The SMILES string of the molecule is COC(=O)c1cc2c(cc1C#Cc1ccccc1)NC(=O)CC(c1cccc(C#N)c1)=N2. The molecule has 0 bridgehead atoms. The average Bonchev–Trinajstić information content (AvgIpc) is 2.99. The molecule has 3 aromatic carbocycles. The van der Waals surface area contributed by atoms with Crippen LogP contribution in [0.15, 0.2) is 71.7 Å². The number of nitrogens with zero attached hydrogens (tertiary/aromatic N) is 2.